The lowest BCUT2D eigenvalue weighted by atomic mass is 10.3. The van der Waals surface area contributed by atoms with Crippen LogP contribution in [0.1, 0.15) is 13.8 Å². The Morgan fingerprint density at radius 3 is 2.39 bits per heavy atom. The molecule has 0 bridgehead atoms. The van der Waals surface area contributed by atoms with Crippen LogP contribution < -0.4 is 4.74 Å². The van der Waals surface area contributed by atoms with Crippen LogP contribution in [0.15, 0.2) is 30.3 Å². The van der Waals surface area contributed by atoms with Gasteiger partial charge in [0.05, 0.1) is 0 Å². The van der Waals surface area contributed by atoms with Gasteiger partial charge in [-0.15, -0.1) is 0 Å². The summed E-state index contributed by atoms with van der Waals surface area (Å²) < 4.78 is 5.30. The average Bonchev–Trinajstić information content (AvgIpc) is 2.34. The molecule has 0 unspecified atom stereocenters. The molecule has 0 aliphatic rings. The van der Waals surface area contributed by atoms with Crippen molar-refractivity contribution in [2.45, 2.75) is 19.9 Å². The van der Waals surface area contributed by atoms with Gasteiger partial charge in [0.15, 0.2) is 6.61 Å². The minimum atomic E-state index is -1.03. The van der Waals surface area contributed by atoms with Crippen molar-refractivity contribution in [3.05, 3.63) is 30.3 Å². The lowest BCUT2D eigenvalue weighted by Crippen LogP contribution is -2.43. The summed E-state index contributed by atoms with van der Waals surface area (Å²) in [6.07, 6.45) is 0. The van der Waals surface area contributed by atoms with E-state index in [2.05, 4.69) is 0 Å². The number of carboxylic acid groups (broad SMARTS) is 1. The van der Waals surface area contributed by atoms with Gasteiger partial charge in [-0.3, -0.25) is 9.59 Å². The van der Waals surface area contributed by atoms with E-state index in [1.165, 1.54) is 4.90 Å². The lowest BCUT2D eigenvalue weighted by Gasteiger charge is -2.24. The van der Waals surface area contributed by atoms with Crippen LogP contribution in [0, 0.1) is 0 Å². The fourth-order valence-corrected chi connectivity index (χ4v) is 1.45. The van der Waals surface area contributed by atoms with E-state index in [-0.39, 0.29) is 25.1 Å². The van der Waals surface area contributed by atoms with Gasteiger partial charge in [-0.25, -0.2) is 0 Å². The molecule has 0 heterocycles. The Morgan fingerprint density at radius 2 is 1.89 bits per heavy atom. The zero-order valence-electron chi connectivity index (χ0n) is 10.5. The second-order valence-electron chi connectivity index (χ2n) is 4.11. The average molecular weight is 251 g/mol. The number of hydrogen-bond donors (Lipinski definition) is 1. The first kappa shape index (κ1) is 14.0. The second kappa shape index (κ2) is 6.64. The summed E-state index contributed by atoms with van der Waals surface area (Å²) in [5.74, 6) is -0.780. The number of amides is 1. The Morgan fingerprint density at radius 1 is 1.28 bits per heavy atom. The summed E-state index contributed by atoms with van der Waals surface area (Å²) in [6.45, 7) is 3.07. The van der Waals surface area contributed by atoms with Gasteiger partial charge in [0.1, 0.15) is 12.3 Å². The first-order valence-corrected chi connectivity index (χ1v) is 5.70. The molecule has 0 saturated heterocycles. The SMILES string of the molecule is CC(C)N(CC(=O)O)C(=O)COc1ccccc1. The fourth-order valence-electron chi connectivity index (χ4n) is 1.45. The molecule has 0 atom stereocenters. The summed E-state index contributed by atoms with van der Waals surface area (Å²) in [7, 11) is 0. The van der Waals surface area contributed by atoms with Crippen molar-refractivity contribution in [1.29, 1.82) is 0 Å². The molecule has 0 aliphatic carbocycles. The van der Waals surface area contributed by atoms with Gasteiger partial charge in [-0.1, -0.05) is 18.2 Å². The van der Waals surface area contributed by atoms with Crippen LogP contribution in [-0.4, -0.2) is 41.1 Å². The molecule has 5 nitrogen and oxygen atoms in total. The first-order valence-electron chi connectivity index (χ1n) is 5.70. The molecule has 1 aromatic rings. The van der Waals surface area contributed by atoms with Crippen LogP contribution in [0.2, 0.25) is 0 Å². The zero-order chi connectivity index (χ0) is 13.5. The van der Waals surface area contributed by atoms with Crippen molar-refractivity contribution in [2.75, 3.05) is 13.2 Å². The van der Waals surface area contributed by atoms with Crippen molar-refractivity contribution in [3.8, 4) is 5.75 Å². The minimum Gasteiger partial charge on any atom is -0.484 e. The lowest BCUT2D eigenvalue weighted by molar-refractivity contribution is -0.146. The highest BCUT2D eigenvalue weighted by Crippen LogP contribution is 2.09. The standard InChI is InChI=1S/C13H17NO4/c1-10(2)14(8-13(16)17)12(15)9-18-11-6-4-3-5-7-11/h3-7,10H,8-9H2,1-2H3,(H,16,17). The van der Waals surface area contributed by atoms with Gasteiger partial charge in [0, 0.05) is 6.04 Å². The summed E-state index contributed by atoms with van der Waals surface area (Å²) in [6, 6.07) is 8.76. The van der Waals surface area contributed by atoms with E-state index in [9.17, 15) is 9.59 Å². The number of hydrogen-bond acceptors (Lipinski definition) is 3. The smallest absolute Gasteiger partial charge is 0.323 e. The van der Waals surface area contributed by atoms with Gasteiger partial charge < -0.3 is 14.7 Å². The van der Waals surface area contributed by atoms with Gasteiger partial charge in [-0.2, -0.15) is 0 Å². The maximum Gasteiger partial charge on any atom is 0.323 e. The van der Waals surface area contributed by atoms with E-state index in [4.69, 9.17) is 9.84 Å². The Hall–Kier alpha value is -2.04. The number of benzene rings is 1. The fraction of sp³-hybridized carbons (Fsp3) is 0.385. The largest absolute Gasteiger partial charge is 0.484 e. The molecular weight excluding hydrogens is 234 g/mol. The number of ether oxygens (including phenoxy) is 1. The molecule has 0 spiro atoms. The number of para-hydroxylation sites is 1. The molecule has 0 fully saturated rings. The molecule has 0 aliphatic heterocycles. The van der Waals surface area contributed by atoms with E-state index in [1.807, 2.05) is 6.07 Å². The Balaban J connectivity index is 2.54. The maximum absolute atomic E-state index is 11.8. The van der Waals surface area contributed by atoms with Gasteiger partial charge >= 0.3 is 5.97 Å². The molecule has 98 valence electrons. The van der Waals surface area contributed by atoms with Crippen molar-refractivity contribution in [2.24, 2.45) is 0 Å². The van der Waals surface area contributed by atoms with Crippen LogP contribution in [0.25, 0.3) is 0 Å². The number of carboxylic acids is 1. The maximum atomic E-state index is 11.8. The van der Waals surface area contributed by atoms with Crippen LogP contribution >= 0.6 is 0 Å². The number of rotatable bonds is 6. The molecule has 18 heavy (non-hydrogen) atoms. The highest BCUT2D eigenvalue weighted by Gasteiger charge is 2.20. The van der Waals surface area contributed by atoms with Gasteiger partial charge in [0.25, 0.3) is 5.91 Å². The van der Waals surface area contributed by atoms with Crippen LogP contribution in [0.4, 0.5) is 0 Å². The van der Waals surface area contributed by atoms with E-state index in [1.54, 1.807) is 38.1 Å². The molecule has 5 heteroatoms. The first-order chi connectivity index (χ1) is 8.50. The van der Waals surface area contributed by atoms with E-state index in [0.717, 1.165) is 0 Å². The quantitative estimate of drug-likeness (QED) is 0.829. The molecule has 1 N–H and O–H groups in total. The molecule has 1 rings (SSSR count). The third kappa shape index (κ3) is 4.45. The summed E-state index contributed by atoms with van der Waals surface area (Å²) in [5, 5.41) is 8.73. The number of aliphatic carboxylic acids is 1. The van der Waals surface area contributed by atoms with Gasteiger partial charge in [0.2, 0.25) is 0 Å². The monoisotopic (exact) mass is 251 g/mol. The van der Waals surface area contributed by atoms with Gasteiger partial charge in [-0.05, 0) is 26.0 Å². The molecule has 0 saturated carbocycles. The zero-order valence-corrected chi connectivity index (χ0v) is 10.5. The predicted molar refractivity (Wildman–Crippen MR) is 66.4 cm³/mol. The molecule has 1 amide bonds. The molecule has 0 radical (unpaired) electrons. The summed E-state index contributed by atoms with van der Waals surface area (Å²) in [5.41, 5.74) is 0. The third-order valence-corrected chi connectivity index (χ3v) is 2.35. The van der Waals surface area contributed by atoms with Crippen molar-refractivity contribution in [1.82, 2.24) is 4.90 Å². The highest BCUT2D eigenvalue weighted by atomic mass is 16.5. The Labute approximate surface area is 106 Å². The van der Waals surface area contributed by atoms with Crippen molar-refractivity contribution >= 4 is 11.9 Å². The predicted octanol–water partition coefficient (Wildman–Crippen LogP) is 1.39. The Bertz CT molecular complexity index is 403. The highest BCUT2D eigenvalue weighted by molar-refractivity contribution is 5.82. The van der Waals surface area contributed by atoms with E-state index < -0.39 is 5.97 Å². The minimum absolute atomic E-state index is 0.157. The van der Waals surface area contributed by atoms with E-state index >= 15 is 0 Å². The van der Waals surface area contributed by atoms with Crippen LogP contribution in [0.3, 0.4) is 0 Å². The van der Waals surface area contributed by atoms with Crippen LogP contribution in [0.5, 0.6) is 5.75 Å². The van der Waals surface area contributed by atoms with Crippen molar-refractivity contribution in [3.63, 3.8) is 0 Å². The van der Waals surface area contributed by atoms with E-state index in [0.29, 0.717) is 5.75 Å². The topological polar surface area (TPSA) is 66.8 Å². The summed E-state index contributed by atoms with van der Waals surface area (Å²) >= 11 is 0. The molecule has 0 aromatic heterocycles. The Kier molecular flexibility index (Phi) is 5.17. The molecule has 1 aromatic carbocycles. The number of nitrogens with zero attached hydrogens (tertiary/aromatic N) is 1. The van der Waals surface area contributed by atoms with Crippen molar-refractivity contribution < 1.29 is 19.4 Å². The molecular formula is C13H17NO4. The normalized spacial score (nSPS) is 10.2. The third-order valence-electron chi connectivity index (χ3n) is 2.35. The second-order valence-corrected chi connectivity index (χ2v) is 4.11. The summed E-state index contributed by atoms with van der Waals surface area (Å²) in [4.78, 5) is 23.8. The van der Waals surface area contributed by atoms with Crippen LogP contribution in [-0.2, 0) is 9.59 Å². The number of carbonyl (C=O) groups is 2. The number of carbonyl (C=O) groups excluding carboxylic acids is 1.